The van der Waals surface area contributed by atoms with Crippen molar-refractivity contribution in [3.8, 4) is 11.4 Å². The molecule has 0 amide bonds. The van der Waals surface area contributed by atoms with Gasteiger partial charge < -0.3 is 10.2 Å². The standard InChI is InChI=1S/C17H19Cl6N5.C8H4Cl6/c1-3-28(4-2)10-9-24-15-26-13(25-14(27-15)17(21,22)23)11-5-7-12(8-6-11)16(18,19)20;9-7(10,11)5-1-2-6(4-3-5)8(12,13)14/h5-8H,3-4,9-10H2,1-2H3,(H,24,25,26,27);1-4H. The van der Waals surface area contributed by atoms with Crippen molar-refractivity contribution in [3.05, 3.63) is 71.0 Å². The van der Waals surface area contributed by atoms with Crippen molar-refractivity contribution >= 4 is 145 Å². The van der Waals surface area contributed by atoms with Crippen molar-refractivity contribution in [2.45, 2.75) is 29.0 Å². The lowest BCUT2D eigenvalue weighted by Gasteiger charge is -2.18. The van der Waals surface area contributed by atoms with Crippen LogP contribution in [0.2, 0.25) is 0 Å². The van der Waals surface area contributed by atoms with Crippen molar-refractivity contribution < 1.29 is 0 Å². The summed E-state index contributed by atoms with van der Waals surface area (Å²) >= 11 is 69.6. The molecule has 0 atom stereocenters. The van der Waals surface area contributed by atoms with Crippen molar-refractivity contribution in [3.63, 3.8) is 0 Å². The third kappa shape index (κ3) is 12.8. The number of likely N-dealkylation sites (N-methyl/N-ethyl adjacent to an activating group) is 1. The largest absolute Gasteiger partial charge is 0.353 e. The van der Waals surface area contributed by atoms with E-state index in [9.17, 15) is 0 Å². The summed E-state index contributed by atoms with van der Waals surface area (Å²) in [4.78, 5) is 15.2. The zero-order chi connectivity index (χ0) is 31.9. The number of benzene rings is 2. The van der Waals surface area contributed by atoms with Gasteiger partial charge >= 0.3 is 0 Å². The molecule has 0 bridgehead atoms. The molecule has 1 heterocycles. The lowest BCUT2D eigenvalue weighted by atomic mass is 10.1. The average molecular weight is 819 g/mol. The predicted molar refractivity (Wildman–Crippen MR) is 185 cm³/mol. The maximum Gasteiger partial charge on any atom is 0.250 e. The Morgan fingerprint density at radius 3 is 1.33 bits per heavy atom. The number of nitrogens with zero attached hydrogens (tertiary/aromatic N) is 4. The third-order valence-corrected chi connectivity index (χ3v) is 7.98. The number of halogens is 12. The second-order valence-corrected chi connectivity index (χ2v) is 17.5. The molecule has 1 N–H and O–H groups in total. The first-order valence-electron chi connectivity index (χ1n) is 12.0. The second kappa shape index (κ2) is 16.5. The summed E-state index contributed by atoms with van der Waals surface area (Å²) in [5, 5.41) is 3.16. The van der Waals surface area contributed by atoms with Gasteiger partial charge in [0.15, 0.2) is 11.6 Å². The molecule has 0 aliphatic heterocycles. The fourth-order valence-electron chi connectivity index (χ4n) is 3.23. The quantitative estimate of drug-likeness (QED) is 0.241. The fourth-order valence-corrected chi connectivity index (χ4v) is 4.62. The van der Waals surface area contributed by atoms with Crippen molar-refractivity contribution in [2.24, 2.45) is 0 Å². The minimum absolute atomic E-state index is 0.0262. The zero-order valence-electron chi connectivity index (χ0n) is 21.8. The van der Waals surface area contributed by atoms with Crippen LogP contribution in [0.1, 0.15) is 36.4 Å². The van der Waals surface area contributed by atoms with Crippen molar-refractivity contribution in [1.29, 1.82) is 0 Å². The van der Waals surface area contributed by atoms with Gasteiger partial charge in [-0.2, -0.15) is 9.97 Å². The number of anilines is 1. The number of hydrogen-bond donors (Lipinski definition) is 1. The minimum Gasteiger partial charge on any atom is -0.353 e. The van der Waals surface area contributed by atoms with E-state index in [1.165, 1.54) is 0 Å². The van der Waals surface area contributed by atoms with Gasteiger partial charge in [-0.25, -0.2) is 4.98 Å². The van der Waals surface area contributed by atoms with E-state index in [1.807, 2.05) is 0 Å². The van der Waals surface area contributed by atoms with Crippen molar-refractivity contribution in [1.82, 2.24) is 19.9 Å². The number of aromatic nitrogens is 3. The lowest BCUT2D eigenvalue weighted by Crippen LogP contribution is -2.29. The summed E-state index contributed by atoms with van der Waals surface area (Å²) in [6.45, 7) is 7.58. The monoisotopic (exact) mass is 813 g/mol. The van der Waals surface area contributed by atoms with Crippen LogP contribution in [0.4, 0.5) is 5.95 Å². The Morgan fingerprint density at radius 1 is 0.571 bits per heavy atom. The molecule has 3 aromatic rings. The number of rotatable bonds is 7. The van der Waals surface area contributed by atoms with Gasteiger partial charge in [-0.1, -0.05) is 202 Å². The van der Waals surface area contributed by atoms with E-state index in [1.54, 1.807) is 48.5 Å². The van der Waals surface area contributed by atoms with Crippen LogP contribution in [0.3, 0.4) is 0 Å². The highest BCUT2D eigenvalue weighted by Gasteiger charge is 2.29. The number of alkyl halides is 12. The molecule has 5 nitrogen and oxygen atoms in total. The molecule has 2 aromatic carbocycles. The third-order valence-electron chi connectivity index (χ3n) is 5.50. The van der Waals surface area contributed by atoms with Gasteiger partial charge in [0.2, 0.25) is 21.1 Å². The summed E-state index contributed by atoms with van der Waals surface area (Å²) in [7, 11) is 0. The smallest absolute Gasteiger partial charge is 0.250 e. The van der Waals surface area contributed by atoms with Crippen LogP contribution in [0, 0.1) is 0 Å². The Hall–Kier alpha value is 0.690. The highest BCUT2D eigenvalue weighted by Crippen LogP contribution is 2.42. The van der Waals surface area contributed by atoms with E-state index in [0.29, 0.717) is 40.6 Å². The van der Waals surface area contributed by atoms with Crippen molar-refractivity contribution in [2.75, 3.05) is 31.5 Å². The molecule has 3 rings (SSSR count). The Morgan fingerprint density at radius 2 is 0.976 bits per heavy atom. The van der Waals surface area contributed by atoms with Gasteiger partial charge in [0.25, 0.3) is 0 Å². The first-order chi connectivity index (χ1) is 19.3. The van der Waals surface area contributed by atoms with Crippen LogP contribution in [0.15, 0.2) is 48.5 Å². The van der Waals surface area contributed by atoms with Crippen LogP contribution >= 0.6 is 139 Å². The molecule has 0 aliphatic rings. The highest BCUT2D eigenvalue weighted by atomic mass is 35.6. The molecule has 0 fully saturated rings. The predicted octanol–water partition coefficient (Wildman–Crippen LogP) is 11.3. The maximum atomic E-state index is 5.99. The van der Waals surface area contributed by atoms with Gasteiger partial charge in [-0.3, -0.25) is 0 Å². The average Bonchev–Trinajstić information content (AvgIpc) is 2.89. The first-order valence-corrected chi connectivity index (χ1v) is 16.5. The lowest BCUT2D eigenvalue weighted by molar-refractivity contribution is 0.316. The number of hydrogen-bond acceptors (Lipinski definition) is 5. The van der Waals surface area contributed by atoms with E-state index in [4.69, 9.17) is 139 Å². The Labute approximate surface area is 305 Å². The summed E-state index contributed by atoms with van der Waals surface area (Å²) in [5.41, 5.74) is 2.25. The summed E-state index contributed by atoms with van der Waals surface area (Å²) in [5.74, 6) is 0.694. The zero-order valence-corrected chi connectivity index (χ0v) is 30.8. The molecule has 0 saturated heterocycles. The summed E-state index contributed by atoms with van der Waals surface area (Å²) in [6.07, 6.45) is 0. The van der Waals surface area contributed by atoms with Gasteiger partial charge in [-0.05, 0) is 13.1 Å². The van der Waals surface area contributed by atoms with Gasteiger partial charge in [0, 0.05) is 35.3 Å². The van der Waals surface area contributed by atoms with Crippen LogP contribution in [-0.2, 0) is 15.2 Å². The van der Waals surface area contributed by atoms with E-state index in [2.05, 4.69) is 39.0 Å². The molecule has 17 heteroatoms. The molecular weight excluding hydrogens is 796 g/mol. The normalized spacial score (nSPS) is 12.6. The van der Waals surface area contributed by atoms with Crippen LogP contribution in [-0.4, -0.2) is 46.0 Å². The minimum atomic E-state index is -1.79. The molecule has 0 saturated carbocycles. The Balaban J connectivity index is 0.000000369. The molecule has 42 heavy (non-hydrogen) atoms. The summed E-state index contributed by atoms with van der Waals surface area (Å²) in [6, 6.07) is 13.2. The summed E-state index contributed by atoms with van der Waals surface area (Å²) < 4.78 is -6.21. The van der Waals surface area contributed by atoms with Gasteiger partial charge in [0.1, 0.15) is 0 Å². The first kappa shape index (κ1) is 38.9. The Bertz CT molecular complexity index is 1230. The molecule has 0 radical (unpaired) electrons. The second-order valence-electron chi connectivity index (χ2n) is 8.41. The van der Waals surface area contributed by atoms with E-state index >= 15 is 0 Å². The Kier molecular flexibility index (Phi) is 15.3. The van der Waals surface area contributed by atoms with E-state index < -0.39 is 15.2 Å². The van der Waals surface area contributed by atoms with E-state index in [-0.39, 0.29) is 5.82 Å². The number of nitrogens with one attached hydrogen (secondary N) is 1. The molecule has 0 spiro atoms. The molecule has 232 valence electrons. The molecule has 0 unspecified atom stereocenters. The SMILES string of the molecule is CCN(CC)CCNc1nc(-c2ccc(C(Cl)(Cl)Cl)cc2)nc(C(Cl)(Cl)Cl)n1.ClC(Cl)(Cl)c1ccc(C(Cl)(Cl)Cl)cc1. The molecule has 0 aliphatic carbocycles. The molecular formula is C25H23Cl12N5. The highest BCUT2D eigenvalue weighted by molar-refractivity contribution is 6.68. The van der Waals surface area contributed by atoms with E-state index in [0.717, 1.165) is 19.6 Å². The fraction of sp³-hybridized carbons (Fsp3) is 0.400. The maximum absolute atomic E-state index is 5.99. The van der Waals surface area contributed by atoms with Crippen LogP contribution in [0.25, 0.3) is 11.4 Å². The molecule has 1 aromatic heterocycles. The van der Waals surface area contributed by atoms with Crippen LogP contribution in [0.5, 0.6) is 0 Å². The van der Waals surface area contributed by atoms with Gasteiger partial charge in [0.05, 0.1) is 0 Å². The van der Waals surface area contributed by atoms with Crippen LogP contribution < -0.4 is 5.32 Å². The van der Waals surface area contributed by atoms with Gasteiger partial charge in [-0.15, -0.1) is 0 Å². The topological polar surface area (TPSA) is 53.9 Å².